The first-order chi connectivity index (χ1) is 35.1. The first-order valence-electron chi connectivity index (χ1n) is 24.5. The van der Waals surface area contributed by atoms with Gasteiger partial charge in [-0.15, -0.1) is 0 Å². The van der Waals surface area contributed by atoms with Gasteiger partial charge in [0.2, 0.25) is 0 Å². The Balaban J connectivity index is 1.10. The van der Waals surface area contributed by atoms with E-state index in [2.05, 4.69) is 259 Å². The fourth-order valence-electron chi connectivity index (χ4n) is 11.5. The van der Waals surface area contributed by atoms with Crippen LogP contribution in [0.1, 0.15) is 18.4 Å². The van der Waals surface area contributed by atoms with Gasteiger partial charge in [0.25, 0.3) is 0 Å². The summed E-state index contributed by atoms with van der Waals surface area (Å²) in [4.78, 5) is 4.92. The molecule has 2 unspecified atom stereocenters. The van der Waals surface area contributed by atoms with Crippen LogP contribution in [0.3, 0.4) is 0 Å². The molecule has 0 fully saturated rings. The Bertz CT molecular complexity index is 4120. The smallest absolute Gasteiger partial charge is 0.137 e. The number of anilines is 5. The minimum atomic E-state index is 0.135. The predicted octanol–water partition coefficient (Wildman–Crippen LogP) is 18.6. The van der Waals surface area contributed by atoms with E-state index in [0.717, 1.165) is 106 Å². The van der Waals surface area contributed by atoms with Gasteiger partial charge in [-0.1, -0.05) is 189 Å². The van der Waals surface area contributed by atoms with E-state index in [-0.39, 0.29) is 11.8 Å². The van der Waals surface area contributed by atoms with Crippen LogP contribution < -0.4 is 14.5 Å². The standard InChI is InChI=1S/C67H46N2O2/c1-43-38-49(42-65-66(43)56-29-13-15-33-63(56)71-65)69(60-31-17-25-45-23-9-11-27-52(45)60)61-37-36-53(46-18-4-2-5-19-46)67-57(47-20-6-3-7-21-47)39-50(40-58(61)67)68(59-30-16-24-44-22-8-10-26-51(44)59)48-34-35-55-54-28-12-14-32-62(54)70-64(55)41-48/h2-43,66H,1H3. The van der Waals surface area contributed by atoms with Crippen molar-refractivity contribution in [2.24, 2.45) is 5.92 Å². The van der Waals surface area contributed by atoms with E-state index >= 15 is 0 Å². The van der Waals surface area contributed by atoms with Gasteiger partial charge in [-0.05, 0) is 98.9 Å². The van der Waals surface area contributed by atoms with Crippen molar-refractivity contribution >= 4 is 82.7 Å². The van der Waals surface area contributed by atoms with E-state index in [9.17, 15) is 0 Å². The van der Waals surface area contributed by atoms with Crippen molar-refractivity contribution in [3.8, 4) is 28.0 Å². The van der Waals surface area contributed by atoms with Crippen molar-refractivity contribution in [2.75, 3.05) is 9.80 Å². The summed E-state index contributed by atoms with van der Waals surface area (Å²) >= 11 is 0. The number of hydrogen-bond acceptors (Lipinski definition) is 4. The second-order valence-corrected chi connectivity index (χ2v) is 18.8. The molecule has 0 saturated carbocycles. The summed E-state index contributed by atoms with van der Waals surface area (Å²) in [5, 5.41) is 9.12. The first-order valence-corrected chi connectivity index (χ1v) is 24.5. The Kier molecular flexibility index (Phi) is 9.53. The fourth-order valence-corrected chi connectivity index (χ4v) is 11.5. The normalized spacial score (nSPS) is 15.1. The number of nitrogens with zero attached hydrogens (tertiary/aromatic N) is 2. The van der Waals surface area contributed by atoms with Gasteiger partial charge in [-0.2, -0.15) is 0 Å². The van der Waals surface area contributed by atoms with Crippen LogP contribution >= 0.6 is 0 Å². The number of ether oxygens (including phenoxy) is 1. The van der Waals surface area contributed by atoms with Crippen molar-refractivity contribution in [2.45, 2.75) is 12.8 Å². The van der Waals surface area contributed by atoms with Crippen LogP contribution in [0.2, 0.25) is 0 Å². The lowest BCUT2D eigenvalue weighted by Crippen LogP contribution is -2.22. The summed E-state index contributed by atoms with van der Waals surface area (Å²) in [7, 11) is 0. The van der Waals surface area contributed by atoms with Crippen molar-refractivity contribution < 1.29 is 9.15 Å². The van der Waals surface area contributed by atoms with Crippen LogP contribution in [0.5, 0.6) is 5.75 Å². The Labute approximate surface area is 412 Å². The first kappa shape index (κ1) is 40.9. The molecule has 2 heterocycles. The number of furan rings is 1. The average Bonchev–Trinajstić information content (AvgIpc) is 4.00. The second kappa shape index (κ2) is 16.5. The molecular weight excluding hydrogens is 865 g/mol. The molecule has 1 aromatic heterocycles. The van der Waals surface area contributed by atoms with Gasteiger partial charge in [-0.25, -0.2) is 0 Å². The fraction of sp³-hybridized carbons (Fsp3) is 0.0448. The number of rotatable bonds is 8. The van der Waals surface area contributed by atoms with Gasteiger partial charge in [0.15, 0.2) is 0 Å². The topological polar surface area (TPSA) is 28.9 Å². The molecular formula is C67H46N2O2. The lowest BCUT2D eigenvalue weighted by atomic mass is 9.82. The molecule has 0 spiro atoms. The van der Waals surface area contributed by atoms with Gasteiger partial charge in [0.05, 0.1) is 23.0 Å². The largest absolute Gasteiger partial charge is 0.461 e. The van der Waals surface area contributed by atoms with Crippen LogP contribution in [-0.4, -0.2) is 0 Å². The number of para-hydroxylation sites is 2. The van der Waals surface area contributed by atoms with Gasteiger partial charge in [0, 0.05) is 61.7 Å². The minimum Gasteiger partial charge on any atom is -0.461 e. The van der Waals surface area contributed by atoms with Crippen LogP contribution in [-0.2, 0) is 0 Å². The van der Waals surface area contributed by atoms with Crippen LogP contribution in [0, 0.1) is 5.92 Å². The summed E-state index contributed by atoms with van der Waals surface area (Å²) in [6.07, 6.45) is 4.74. The Morgan fingerprint density at radius 1 is 0.408 bits per heavy atom. The van der Waals surface area contributed by atoms with Crippen molar-refractivity contribution in [3.05, 3.63) is 266 Å². The molecule has 11 aromatic carbocycles. The van der Waals surface area contributed by atoms with Gasteiger partial charge >= 0.3 is 0 Å². The lowest BCUT2D eigenvalue weighted by molar-refractivity contribution is 0.402. The van der Waals surface area contributed by atoms with E-state index in [0.29, 0.717) is 0 Å². The monoisotopic (exact) mass is 910 g/mol. The quantitative estimate of drug-likeness (QED) is 0.152. The third-order valence-corrected chi connectivity index (χ3v) is 14.7. The molecule has 4 nitrogen and oxygen atoms in total. The Morgan fingerprint density at radius 3 is 1.75 bits per heavy atom. The molecule has 0 radical (unpaired) electrons. The van der Waals surface area contributed by atoms with E-state index in [1.54, 1.807) is 0 Å². The van der Waals surface area contributed by atoms with Crippen molar-refractivity contribution in [1.29, 1.82) is 0 Å². The van der Waals surface area contributed by atoms with Gasteiger partial charge < -0.3 is 19.0 Å². The third kappa shape index (κ3) is 6.75. The summed E-state index contributed by atoms with van der Waals surface area (Å²) in [5.41, 5.74) is 13.8. The number of allylic oxidation sites excluding steroid dienone is 3. The predicted molar refractivity (Wildman–Crippen MR) is 296 cm³/mol. The van der Waals surface area contributed by atoms with E-state index < -0.39 is 0 Å². The molecule has 0 bridgehead atoms. The van der Waals surface area contributed by atoms with E-state index in [1.165, 1.54) is 21.7 Å². The number of hydrogen-bond donors (Lipinski definition) is 0. The van der Waals surface area contributed by atoms with Gasteiger partial charge in [0.1, 0.15) is 22.7 Å². The maximum absolute atomic E-state index is 6.78. The maximum Gasteiger partial charge on any atom is 0.137 e. The van der Waals surface area contributed by atoms with Crippen molar-refractivity contribution in [1.82, 2.24) is 0 Å². The molecule has 4 heteroatoms. The highest BCUT2D eigenvalue weighted by Crippen LogP contribution is 2.53. The lowest BCUT2D eigenvalue weighted by Gasteiger charge is -2.34. The molecule has 12 aromatic rings. The number of fused-ring (bicyclic) bond motifs is 9. The van der Waals surface area contributed by atoms with Crippen LogP contribution in [0.4, 0.5) is 28.4 Å². The zero-order chi connectivity index (χ0) is 47.0. The SMILES string of the molecule is CC1C=C(N(c2cccc3ccccc23)c2ccc(-c3ccccc3)c3c(-c4ccccc4)cc(N(c4ccc5c(c4)oc4ccccc45)c4cccc5ccccc45)cc23)C=C2Oc3ccccc3C21. The van der Waals surface area contributed by atoms with Crippen LogP contribution in [0.15, 0.2) is 265 Å². The zero-order valence-corrected chi connectivity index (χ0v) is 39.0. The maximum atomic E-state index is 6.78. The third-order valence-electron chi connectivity index (χ3n) is 14.7. The highest BCUT2D eigenvalue weighted by atomic mass is 16.5. The van der Waals surface area contributed by atoms with Gasteiger partial charge in [-0.3, -0.25) is 0 Å². The highest BCUT2D eigenvalue weighted by Gasteiger charge is 2.37. The van der Waals surface area contributed by atoms with E-state index in [4.69, 9.17) is 9.15 Å². The second-order valence-electron chi connectivity index (χ2n) is 18.8. The zero-order valence-electron chi connectivity index (χ0n) is 39.0. The summed E-state index contributed by atoms with van der Waals surface area (Å²) in [6, 6.07) is 85.5. The molecule has 0 amide bonds. The molecule has 2 aliphatic rings. The molecule has 0 N–H and O–H groups in total. The minimum absolute atomic E-state index is 0.135. The average molecular weight is 911 g/mol. The molecule has 0 saturated heterocycles. The molecule has 336 valence electrons. The molecule has 2 atom stereocenters. The molecule has 14 rings (SSSR count). The molecule has 71 heavy (non-hydrogen) atoms. The molecule has 1 aliphatic heterocycles. The summed E-state index contributed by atoms with van der Waals surface area (Å²) < 4.78 is 13.4. The summed E-state index contributed by atoms with van der Waals surface area (Å²) in [6.45, 7) is 2.33. The summed E-state index contributed by atoms with van der Waals surface area (Å²) in [5.74, 6) is 2.20. The Morgan fingerprint density at radius 2 is 1.00 bits per heavy atom. The molecule has 1 aliphatic carbocycles. The highest BCUT2D eigenvalue weighted by molar-refractivity contribution is 6.16. The van der Waals surface area contributed by atoms with Crippen LogP contribution in [0.25, 0.3) is 76.5 Å². The van der Waals surface area contributed by atoms with E-state index in [1.807, 2.05) is 6.07 Å². The Hall–Kier alpha value is -9.12. The van der Waals surface area contributed by atoms with Crippen molar-refractivity contribution in [3.63, 3.8) is 0 Å². The number of benzene rings is 11.